The maximum Gasteiger partial charge on any atom is 0.330 e. The monoisotopic (exact) mass is 579 g/mol. The first-order valence-corrected chi connectivity index (χ1v) is 13.8. The number of halogens is 2. The SMILES string of the molecule is C=NC(=N[C@@H]1CCCC[C@@H]1N)NC1=C(C)CN(c2c(Cl)c(OC)cc(OC)c2Cl)C(=O)N1Cc1cscn1. The van der Waals surface area contributed by atoms with Crippen LogP contribution >= 0.6 is 34.5 Å². The molecule has 0 spiro atoms. The Hall–Kier alpha value is -2.86. The number of amides is 2. The Morgan fingerprint density at radius 1 is 1.26 bits per heavy atom. The van der Waals surface area contributed by atoms with Gasteiger partial charge in [0.2, 0.25) is 5.96 Å². The summed E-state index contributed by atoms with van der Waals surface area (Å²) < 4.78 is 10.8. The van der Waals surface area contributed by atoms with Crippen molar-refractivity contribution < 1.29 is 14.3 Å². The molecule has 1 aliphatic heterocycles. The molecule has 2 amide bonds. The first-order valence-electron chi connectivity index (χ1n) is 12.1. The number of aromatic nitrogens is 1. The Morgan fingerprint density at radius 3 is 2.53 bits per heavy atom. The predicted molar refractivity (Wildman–Crippen MR) is 153 cm³/mol. The van der Waals surface area contributed by atoms with Gasteiger partial charge in [-0.3, -0.25) is 9.80 Å². The molecule has 13 heteroatoms. The Morgan fingerprint density at radius 2 is 1.95 bits per heavy atom. The van der Waals surface area contributed by atoms with E-state index in [1.807, 2.05) is 12.3 Å². The van der Waals surface area contributed by atoms with Crippen LogP contribution in [-0.2, 0) is 6.54 Å². The second-order valence-electron chi connectivity index (χ2n) is 9.07. The van der Waals surface area contributed by atoms with Crippen molar-refractivity contribution in [3.05, 3.63) is 44.1 Å². The smallest absolute Gasteiger partial charge is 0.330 e. The third-order valence-corrected chi connectivity index (χ3v) is 7.97. The number of rotatable bonds is 7. The van der Waals surface area contributed by atoms with Crippen LogP contribution in [0.4, 0.5) is 10.5 Å². The number of anilines is 1. The van der Waals surface area contributed by atoms with Gasteiger partial charge < -0.3 is 20.5 Å². The van der Waals surface area contributed by atoms with Crippen LogP contribution in [0.25, 0.3) is 0 Å². The molecule has 1 aliphatic carbocycles. The molecule has 38 heavy (non-hydrogen) atoms. The van der Waals surface area contributed by atoms with Crippen molar-refractivity contribution in [3.8, 4) is 11.5 Å². The van der Waals surface area contributed by atoms with E-state index in [9.17, 15) is 4.79 Å². The van der Waals surface area contributed by atoms with Crippen LogP contribution < -0.4 is 25.4 Å². The van der Waals surface area contributed by atoms with Crippen LogP contribution in [0.15, 0.2) is 38.3 Å². The van der Waals surface area contributed by atoms with E-state index in [0.717, 1.165) is 37.0 Å². The molecule has 2 aliphatic rings. The highest BCUT2D eigenvalue weighted by Gasteiger charge is 2.36. The number of methoxy groups -OCH3 is 2. The molecule has 3 N–H and O–H groups in total. The third-order valence-electron chi connectivity index (χ3n) is 6.60. The van der Waals surface area contributed by atoms with E-state index in [-0.39, 0.29) is 41.2 Å². The number of guanidine groups is 1. The van der Waals surface area contributed by atoms with Gasteiger partial charge in [0.1, 0.15) is 27.4 Å². The number of aliphatic imine (C=N–C) groups is 2. The molecule has 1 fully saturated rings. The van der Waals surface area contributed by atoms with Gasteiger partial charge in [-0.25, -0.2) is 19.8 Å². The molecule has 204 valence electrons. The summed E-state index contributed by atoms with van der Waals surface area (Å²) in [6.45, 7) is 5.99. The number of nitrogens with one attached hydrogen (secondary N) is 1. The molecule has 0 radical (unpaired) electrons. The van der Waals surface area contributed by atoms with Crippen molar-refractivity contribution in [2.75, 3.05) is 25.7 Å². The molecule has 0 bridgehead atoms. The topological polar surface area (TPSA) is 118 Å². The summed E-state index contributed by atoms with van der Waals surface area (Å²) >= 11 is 14.8. The molecule has 0 saturated heterocycles. The molecule has 10 nitrogen and oxygen atoms in total. The minimum absolute atomic E-state index is 0.0423. The fraction of sp³-hybridized carbons (Fsp3) is 0.440. The van der Waals surface area contributed by atoms with Gasteiger partial charge in [-0.1, -0.05) is 36.0 Å². The number of hydrogen-bond donors (Lipinski definition) is 2. The average Bonchev–Trinajstić information content (AvgIpc) is 3.42. The van der Waals surface area contributed by atoms with Crippen molar-refractivity contribution >= 4 is 58.9 Å². The molecule has 2 atom stereocenters. The highest BCUT2D eigenvalue weighted by molar-refractivity contribution is 7.07. The van der Waals surface area contributed by atoms with Gasteiger partial charge in [0.15, 0.2) is 0 Å². The number of hydrogen-bond acceptors (Lipinski definition) is 7. The molecule has 1 saturated carbocycles. The molecular weight excluding hydrogens is 549 g/mol. The summed E-state index contributed by atoms with van der Waals surface area (Å²) in [5.74, 6) is 1.52. The number of nitrogens with zero attached hydrogens (tertiary/aromatic N) is 5. The number of benzene rings is 1. The molecule has 4 rings (SSSR count). The average molecular weight is 581 g/mol. The summed E-state index contributed by atoms with van der Waals surface area (Å²) in [7, 11) is 2.97. The molecule has 0 unspecified atom stereocenters. The molecule has 1 aromatic carbocycles. The zero-order valence-corrected chi connectivity index (χ0v) is 23.9. The van der Waals surface area contributed by atoms with Crippen LogP contribution in [0.5, 0.6) is 11.5 Å². The lowest BCUT2D eigenvalue weighted by Gasteiger charge is -2.38. The Balaban J connectivity index is 1.76. The van der Waals surface area contributed by atoms with Crippen molar-refractivity contribution in [2.24, 2.45) is 15.7 Å². The third kappa shape index (κ3) is 5.75. The van der Waals surface area contributed by atoms with Gasteiger partial charge in [0, 0.05) is 17.5 Å². The van der Waals surface area contributed by atoms with E-state index >= 15 is 0 Å². The first-order chi connectivity index (χ1) is 18.3. The second-order valence-corrected chi connectivity index (χ2v) is 10.5. The van der Waals surface area contributed by atoms with E-state index in [4.69, 9.17) is 43.4 Å². The van der Waals surface area contributed by atoms with Crippen molar-refractivity contribution in [3.63, 3.8) is 0 Å². The Labute approximate surface area is 236 Å². The van der Waals surface area contributed by atoms with Gasteiger partial charge in [-0.2, -0.15) is 0 Å². The maximum atomic E-state index is 14.1. The maximum absolute atomic E-state index is 14.1. The number of ether oxygens (including phenoxy) is 2. The van der Waals surface area contributed by atoms with Gasteiger partial charge in [0.25, 0.3) is 0 Å². The number of thiazole rings is 1. The number of carbonyl (C=O) groups is 1. The van der Waals surface area contributed by atoms with Gasteiger partial charge in [0.05, 0.1) is 50.2 Å². The minimum atomic E-state index is -0.372. The van der Waals surface area contributed by atoms with Crippen LogP contribution in [0.3, 0.4) is 0 Å². The van der Waals surface area contributed by atoms with Crippen molar-refractivity contribution in [1.82, 2.24) is 15.2 Å². The second kappa shape index (κ2) is 12.3. The van der Waals surface area contributed by atoms with Crippen molar-refractivity contribution in [1.29, 1.82) is 0 Å². The van der Waals surface area contributed by atoms with E-state index in [0.29, 0.717) is 29.0 Å². The molecule has 2 heterocycles. The fourth-order valence-electron chi connectivity index (χ4n) is 4.61. The van der Waals surface area contributed by atoms with Gasteiger partial charge >= 0.3 is 6.03 Å². The zero-order valence-electron chi connectivity index (χ0n) is 21.5. The summed E-state index contributed by atoms with van der Waals surface area (Å²) in [5, 5.41) is 5.53. The van der Waals surface area contributed by atoms with E-state index in [1.165, 1.54) is 30.5 Å². The van der Waals surface area contributed by atoms with E-state index in [1.54, 1.807) is 16.5 Å². The zero-order chi connectivity index (χ0) is 27.4. The number of carbonyl (C=O) groups excluding carboxylic acids is 1. The van der Waals surface area contributed by atoms with Crippen molar-refractivity contribution in [2.45, 2.75) is 51.2 Å². The summed E-state index contributed by atoms with van der Waals surface area (Å²) in [6, 6.07) is 1.10. The normalized spacial score (nSPS) is 20.6. The van der Waals surface area contributed by atoms with Crippen LogP contribution in [0.1, 0.15) is 38.3 Å². The summed E-state index contributed by atoms with van der Waals surface area (Å²) in [4.78, 5) is 30.4. The van der Waals surface area contributed by atoms with Crippen LogP contribution in [-0.4, -0.2) is 61.4 Å². The lowest BCUT2D eigenvalue weighted by Crippen LogP contribution is -2.52. The quantitative estimate of drug-likeness (QED) is 0.350. The van der Waals surface area contributed by atoms with Crippen LogP contribution in [0, 0.1) is 0 Å². The van der Waals surface area contributed by atoms with Crippen LogP contribution in [0.2, 0.25) is 10.0 Å². The number of urea groups is 1. The first kappa shape index (κ1) is 28.2. The fourth-order valence-corrected chi connectivity index (χ4v) is 5.86. The Kier molecular flexibility index (Phi) is 9.14. The van der Waals surface area contributed by atoms with E-state index < -0.39 is 0 Å². The Bertz CT molecular complexity index is 1220. The minimum Gasteiger partial charge on any atom is -0.495 e. The number of nitrogens with two attached hydrogens (primary N) is 1. The lowest BCUT2D eigenvalue weighted by molar-refractivity contribution is 0.210. The molecule has 2 aromatic rings. The standard InChI is InChI=1S/C25H31Cl2N7O3S/c1-14-10-33(22-20(26)18(36-3)9-19(37-4)21(22)27)25(35)34(11-15-12-38-13-30-15)23(14)32-24(29-2)31-17-8-6-5-7-16(17)28/h9,12-13,16-17H,2,5-8,10-11,28H2,1,3-4H3,(H,31,32)/t16-,17+/m0/s1. The summed E-state index contributed by atoms with van der Waals surface area (Å²) in [6.07, 6.45) is 3.94. The van der Waals surface area contributed by atoms with Gasteiger partial charge in [-0.15, -0.1) is 11.3 Å². The molecule has 1 aromatic heterocycles. The highest BCUT2D eigenvalue weighted by atomic mass is 35.5. The predicted octanol–water partition coefficient (Wildman–Crippen LogP) is 5.06. The summed E-state index contributed by atoms with van der Waals surface area (Å²) in [5.41, 5.74) is 9.85. The lowest BCUT2D eigenvalue weighted by atomic mass is 9.91. The van der Waals surface area contributed by atoms with Gasteiger partial charge in [-0.05, 0) is 32.1 Å². The van der Waals surface area contributed by atoms with E-state index in [2.05, 4.69) is 22.0 Å². The highest BCUT2D eigenvalue weighted by Crippen LogP contribution is 2.47. The largest absolute Gasteiger partial charge is 0.495 e. The molecular formula is C25H31Cl2N7O3S.